The van der Waals surface area contributed by atoms with Gasteiger partial charge in [0.15, 0.2) is 0 Å². The van der Waals surface area contributed by atoms with Crippen LogP contribution in [-0.2, 0) is 0 Å². The molecule has 3 heterocycles. The average Bonchev–Trinajstić information content (AvgIpc) is 2.80. The minimum absolute atomic E-state index is 0.914. The number of hydrogen-bond donors (Lipinski definition) is 2. The number of hydrogen-bond acceptors (Lipinski definition) is 3. The summed E-state index contributed by atoms with van der Waals surface area (Å²) in [5.41, 5.74) is 1.95. The van der Waals surface area contributed by atoms with Gasteiger partial charge in [-0.3, -0.25) is 4.98 Å². The zero-order valence-electron chi connectivity index (χ0n) is 8.74. The lowest BCUT2D eigenvalue weighted by atomic mass is 10.2. The van der Waals surface area contributed by atoms with Gasteiger partial charge in [-0.05, 0) is 32.0 Å². The predicted octanol–water partition coefficient (Wildman–Crippen LogP) is 1.67. The number of nitrogens with zero attached hydrogens (tertiary/aromatic N) is 2. The second-order valence-electron chi connectivity index (χ2n) is 3.61. The summed E-state index contributed by atoms with van der Waals surface area (Å²) in [6, 6.07) is 1.91. The first-order valence-electron chi connectivity index (χ1n) is 5.40. The van der Waals surface area contributed by atoms with E-state index in [0.717, 1.165) is 11.4 Å². The van der Waals surface area contributed by atoms with Crippen molar-refractivity contribution < 1.29 is 0 Å². The van der Waals surface area contributed by atoms with E-state index in [2.05, 4.69) is 20.3 Å². The van der Waals surface area contributed by atoms with Gasteiger partial charge in [0.2, 0.25) is 0 Å². The Balaban J connectivity index is 0.000000124. The third-order valence-electron chi connectivity index (χ3n) is 2.43. The van der Waals surface area contributed by atoms with Crippen molar-refractivity contribution >= 4 is 0 Å². The van der Waals surface area contributed by atoms with Crippen molar-refractivity contribution in [2.45, 2.75) is 19.3 Å². The zero-order valence-corrected chi connectivity index (χ0v) is 8.74. The molecule has 0 aromatic carbocycles. The van der Waals surface area contributed by atoms with Gasteiger partial charge in [0, 0.05) is 6.20 Å². The highest BCUT2D eigenvalue weighted by Crippen LogP contribution is 2.12. The Labute approximate surface area is 89.5 Å². The summed E-state index contributed by atoms with van der Waals surface area (Å²) >= 11 is 0. The molecule has 0 bridgehead atoms. The number of fused-ring (bicyclic) bond motifs is 1. The molecule has 0 saturated carbocycles. The molecule has 4 heteroatoms. The first-order chi connectivity index (χ1) is 7.47. The van der Waals surface area contributed by atoms with Gasteiger partial charge >= 0.3 is 0 Å². The maximum Gasteiger partial charge on any atom is 0.105 e. The Morgan fingerprint density at radius 3 is 2.60 bits per heavy atom. The SMILES string of the molecule is C1CCNCC1.c1cc2[nH]cncc-2n1. The molecule has 3 aliphatic heterocycles. The number of nitrogens with one attached hydrogen (secondary N) is 2. The summed E-state index contributed by atoms with van der Waals surface area (Å²) in [5.74, 6) is 0. The highest BCUT2D eigenvalue weighted by Gasteiger charge is 1.99. The summed E-state index contributed by atoms with van der Waals surface area (Å²) in [6.45, 7) is 2.50. The normalized spacial score (nSPS) is 15.7. The Morgan fingerprint density at radius 2 is 2.00 bits per heavy atom. The molecule has 0 unspecified atom stereocenters. The first-order valence-corrected chi connectivity index (χ1v) is 5.40. The van der Waals surface area contributed by atoms with E-state index < -0.39 is 0 Å². The summed E-state index contributed by atoms with van der Waals surface area (Å²) in [4.78, 5) is 10.8. The molecule has 4 nitrogen and oxygen atoms in total. The molecule has 0 spiro atoms. The van der Waals surface area contributed by atoms with E-state index in [4.69, 9.17) is 0 Å². The van der Waals surface area contributed by atoms with Gasteiger partial charge in [-0.15, -0.1) is 0 Å². The lowest BCUT2D eigenvalue weighted by Gasteiger charge is -2.08. The van der Waals surface area contributed by atoms with Gasteiger partial charge in [0.05, 0.1) is 18.2 Å². The molecule has 0 amide bonds. The Morgan fingerprint density at radius 1 is 1.13 bits per heavy atom. The van der Waals surface area contributed by atoms with Gasteiger partial charge < -0.3 is 10.3 Å². The van der Waals surface area contributed by atoms with Crippen molar-refractivity contribution in [2.75, 3.05) is 13.1 Å². The van der Waals surface area contributed by atoms with Crippen LogP contribution in [0.25, 0.3) is 11.4 Å². The molecule has 3 rings (SSSR count). The fourth-order valence-corrected chi connectivity index (χ4v) is 1.59. The summed E-state index contributed by atoms with van der Waals surface area (Å²) in [5, 5.41) is 3.28. The van der Waals surface area contributed by atoms with Gasteiger partial charge in [0.1, 0.15) is 5.69 Å². The molecule has 3 aliphatic rings. The molecule has 0 atom stereocenters. The van der Waals surface area contributed by atoms with E-state index >= 15 is 0 Å². The molecule has 80 valence electrons. The van der Waals surface area contributed by atoms with Crippen LogP contribution >= 0.6 is 0 Å². The van der Waals surface area contributed by atoms with Crippen molar-refractivity contribution in [3.63, 3.8) is 0 Å². The Hall–Kier alpha value is -1.42. The van der Waals surface area contributed by atoms with Crippen molar-refractivity contribution in [1.29, 1.82) is 0 Å². The van der Waals surface area contributed by atoms with E-state index in [1.165, 1.54) is 32.4 Å². The highest BCUT2D eigenvalue weighted by atomic mass is 14.9. The van der Waals surface area contributed by atoms with Crippen molar-refractivity contribution in [2.24, 2.45) is 0 Å². The van der Waals surface area contributed by atoms with E-state index in [0.29, 0.717) is 0 Å². The number of piperidine rings is 1. The molecule has 0 aromatic rings. The predicted molar refractivity (Wildman–Crippen MR) is 59.7 cm³/mol. The van der Waals surface area contributed by atoms with Crippen LogP contribution in [0, 0.1) is 0 Å². The van der Waals surface area contributed by atoms with Crippen LogP contribution in [0.1, 0.15) is 19.3 Å². The standard InChI is InChI=1S/C6H5N3.C5H11N/c1-2-8-6-3-7-4-9-5(1)6;1-2-4-6-5-3-1/h1-4H,(H,7,9);6H,1-5H2. The molecule has 2 N–H and O–H groups in total. The van der Waals surface area contributed by atoms with Crippen LogP contribution in [0.15, 0.2) is 24.8 Å². The summed E-state index contributed by atoms with van der Waals surface area (Å²) in [7, 11) is 0. The van der Waals surface area contributed by atoms with Gasteiger partial charge in [0.25, 0.3) is 0 Å². The maximum absolute atomic E-state index is 4.02. The smallest absolute Gasteiger partial charge is 0.105 e. The lowest BCUT2D eigenvalue weighted by Crippen LogP contribution is -2.21. The zero-order chi connectivity index (χ0) is 10.3. The molecule has 1 fully saturated rings. The number of H-pyrrole nitrogens is 1. The van der Waals surface area contributed by atoms with E-state index in [9.17, 15) is 0 Å². The molecular weight excluding hydrogens is 188 g/mol. The molecule has 1 saturated heterocycles. The molecule has 0 aromatic heterocycles. The second kappa shape index (κ2) is 5.46. The third kappa shape index (κ3) is 3.02. The van der Waals surface area contributed by atoms with Crippen molar-refractivity contribution in [3.8, 4) is 11.4 Å². The average molecular weight is 204 g/mol. The van der Waals surface area contributed by atoms with Crippen LogP contribution in [0.4, 0.5) is 0 Å². The van der Waals surface area contributed by atoms with Crippen molar-refractivity contribution in [1.82, 2.24) is 20.3 Å². The fraction of sp³-hybridized carbons (Fsp3) is 0.455. The van der Waals surface area contributed by atoms with E-state index in [1.807, 2.05) is 6.07 Å². The quantitative estimate of drug-likeness (QED) is 0.686. The molecule has 0 radical (unpaired) electrons. The largest absolute Gasteiger partial charge is 0.345 e. The topological polar surface area (TPSA) is 53.6 Å². The van der Waals surface area contributed by atoms with E-state index in [1.54, 1.807) is 18.7 Å². The number of aromatic amines is 1. The monoisotopic (exact) mass is 204 g/mol. The minimum atomic E-state index is 0.914. The highest BCUT2D eigenvalue weighted by molar-refractivity contribution is 5.53. The molecule has 0 aliphatic carbocycles. The van der Waals surface area contributed by atoms with Gasteiger partial charge in [-0.25, -0.2) is 4.98 Å². The first kappa shape index (κ1) is 10.1. The summed E-state index contributed by atoms with van der Waals surface area (Å²) in [6.07, 6.45) is 9.34. The minimum Gasteiger partial charge on any atom is -0.345 e. The molecule has 15 heavy (non-hydrogen) atoms. The van der Waals surface area contributed by atoms with Crippen molar-refractivity contribution in [3.05, 3.63) is 24.8 Å². The second-order valence-corrected chi connectivity index (χ2v) is 3.61. The van der Waals surface area contributed by atoms with Crippen LogP contribution < -0.4 is 5.32 Å². The number of aromatic nitrogens is 3. The van der Waals surface area contributed by atoms with Gasteiger partial charge in [-0.2, -0.15) is 0 Å². The molecular formula is C11H16N4. The number of rotatable bonds is 0. The van der Waals surface area contributed by atoms with Crippen LogP contribution in [-0.4, -0.2) is 28.0 Å². The Kier molecular flexibility index (Phi) is 3.68. The third-order valence-corrected chi connectivity index (χ3v) is 2.43. The van der Waals surface area contributed by atoms with Crippen LogP contribution in [0.3, 0.4) is 0 Å². The van der Waals surface area contributed by atoms with E-state index in [-0.39, 0.29) is 0 Å². The van der Waals surface area contributed by atoms with Gasteiger partial charge in [-0.1, -0.05) is 6.42 Å². The van der Waals surface area contributed by atoms with Crippen LogP contribution in [0.2, 0.25) is 0 Å². The fourth-order valence-electron chi connectivity index (χ4n) is 1.59. The maximum atomic E-state index is 4.02. The lowest BCUT2D eigenvalue weighted by molar-refractivity contribution is 0.520. The van der Waals surface area contributed by atoms with Crippen LogP contribution in [0.5, 0.6) is 0 Å². The summed E-state index contributed by atoms with van der Waals surface area (Å²) < 4.78 is 0. The Bertz CT molecular complexity index is 315.